The van der Waals surface area contributed by atoms with Crippen LogP contribution in [0.1, 0.15) is 79.1 Å². The van der Waals surface area contributed by atoms with Gasteiger partial charge < -0.3 is 14.4 Å². The molecule has 3 aromatic rings. The van der Waals surface area contributed by atoms with Crippen molar-refractivity contribution in [3.05, 3.63) is 47.3 Å². The third kappa shape index (κ3) is 3.49. The highest BCUT2D eigenvalue weighted by atomic mass is 16.5. The van der Waals surface area contributed by atoms with Gasteiger partial charge in [-0.05, 0) is 63.8 Å². The van der Waals surface area contributed by atoms with E-state index >= 15 is 0 Å². The van der Waals surface area contributed by atoms with E-state index in [4.69, 9.17) is 14.5 Å². The lowest BCUT2D eigenvalue weighted by Crippen LogP contribution is -2.31. The summed E-state index contributed by atoms with van der Waals surface area (Å²) in [6, 6.07) is 7.92. The maximum atomic E-state index is 14.0. The molecule has 32 heavy (non-hydrogen) atoms. The number of aromatic nitrogens is 3. The van der Waals surface area contributed by atoms with Crippen molar-refractivity contribution in [2.75, 3.05) is 20.8 Å². The minimum absolute atomic E-state index is 0.0370. The number of likely N-dealkylation sites (tertiary alicyclic amines) is 1. The van der Waals surface area contributed by atoms with E-state index in [-0.39, 0.29) is 18.0 Å². The van der Waals surface area contributed by atoms with Gasteiger partial charge in [-0.2, -0.15) is 5.10 Å². The Hall–Kier alpha value is -3.09. The highest BCUT2D eigenvalue weighted by Crippen LogP contribution is 2.42. The Morgan fingerprint density at radius 3 is 2.62 bits per heavy atom. The van der Waals surface area contributed by atoms with Crippen molar-refractivity contribution in [3.8, 4) is 11.5 Å². The van der Waals surface area contributed by atoms with E-state index < -0.39 is 0 Å². The second-order valence-electron chi connectivity index (χ2n) is 9.05. The van der Waals surface area contributed by atoms with Gasteiger partial charge >= 0.3 is 0 Å². The molecule has 1 saturated heterocycles. The molecule has 0 radical (unpaired) electrons. The van der Waals surface area contributed by atoms with Gasteiger partial charge in [-0.15, -0.1) is 0 Å². The first-order valence-corrected chi connectivity index (χ1v) is 11.4. The lowest BCUT2D eigenvalue weighted by molar-refractivity contribution is 0.0735. The van der Waals surface area contributed by atoms with Crippen molar-refractivity contribution in [1.82, 2.24) is 19.7 Å². The Morgan fingerprint density at radius 1 is 1.12 bits per heavy atom. The van der Waals surface area contributed by atoms with E-state index in [0.717, 1.165) is 59.5 Å². The van der Waals surface area contributed by atoms with Crippen LogP contribution in [-0.2, 0) is 0 Å². The predicted molar refractivity (Wildman–Crippen MR) is 122 cm³/mol. The van der Waals surface area contributed by atoms with Crippen LogP contribution in [0.4, 0.5) is 0 Å². The smallest absolute Gasteiger partial charge is 0.255 e. The Balaban J connectivity index is 1.58. The molecule has 0 bridgehead atoms. The molecule has 2 fully saturated rings. The fourth-order valence-corrected chi connectivity index (χ4v) is 4.77. The number of hydrogen-bond acceptors (Lipinski definition) is 5. The number of carbonyl (C=O) groups is 1. The fraction of sp³-hybridized carbons (Fsp3) is 0.480. The van der Waals surface area contributed by atoms with Gasteiger partial charge in [-0.3, -0.25) is 4.79 Å². The minimum Gasteiger partial charge on any atom is -0.497 e. The van der Waals surface area contributed by atoms with E-state index in [1.54, 1.807) is 20.4 Å². The number of fused-ring (bicyclic) bond motifs is 1. The molecule has 1 amide bonds. The summed E-state index contributed by atoms with van der Waals surface area (Å²) in [6.07, 6.45) is 5.91. The molecule has 1 aliphatic heterocycles. The molecule has 1 atom stereocenters. The number of benzene rings is 1. The summed E-state index contributed by atoms with van der Waals surface area (Å²) >= 11 is 0. The van der Waals surface area contributed by atoms with Gasteiger partial charge in [0.2, 0.25) is 0 Å². The molecular weight excluding hydrogens is 404 g/mol. The number of nitrogens with zero attached hydrogens (tertiary/aromatic N) is 4. The SMILES string of the molecule is COc1ccc(OC)c(C2CCCN2C(=O)c2cc(C3CC3)nc3c2cnn3C(C)C)c1. The summed E-state index contributed by atoms with van der Waals surface area (Å²) in [5.74, 6) is 2.03. The van der Waals surface area contributed by atoms with Crippen LogP contribution in [0, 0.1) is 0 Å². The average Bonchev–Trinajstić information content (AvgIpc) is 3.38. The number of ether oxygens (including phenoxy) is 2. The van der Waals surface area contributed by atoms with Crippen LogP contribution in [-0.4, -0.2) is 46.3 Å². The topological polar surface area (TPSA) is 69.5 Å². The molecule has 168 valence electrons. The van der Waals surface area contributed by atoms with Crippen molar-refractivity contribution in [3.63, 3.8) is 0 Å². The van der Waals surface area contributed by atoms with Crippen molar-refractivity contribution < 1.29 is 14.3 Å². The molecule has 3 heterocycles. The predicted octanol–water partition coefficient (Wildman–Crippen LogP) is 4.88. The third-order valence-electron chi connectivity index (χ3n) is 6.61. The largest absolute Gasteiger partial charge is 0.497 e. The zero-order valence-corrected chi connectivity index (χ0v) is 19.2. The van der Waals surface area contributed by atoms with Gasteiger partial charge in [0.05, 0.1) is 37.4 Å². The first kappa shape index (κ1) is 20.8. The number of amides is 1. The molecule has 2 aliphatic rings. The van der Waals surface area contributed by atoms with Crippen LogP contribution >= 0.6 is 0 Å². The maximum absolute atomic E-state index is 14.0. The summed E-state index contributed by atoms with van der Waals surface area (Å²) in [5, 5.41) is 5.39. The molecule has 2 aromatic heterocycles. The number of pyridine rings is 1. The molecule has 0 N–H and O–H groups in total. The average molecular weight is 435 g/mol. The van der Waals surface area contributed by atoms with Crippen LogP contribution < -0.4 is 9.47 Å². The molecule has 7 nitrogen and oxygen atoms in total. The summed E-state index contributed by atoms with van der Waals surface area (Å²) < 4.78 is 13.0. The van der Waals surface area contributed by atoms with E-state index in [1.807, 2.05) is 33.8 Å². The molecule has 1 aromatic carbocycles. The van der Waals surface area contributed by atoms with Crippen molar-refractivity contribution in [1.29, 1.82) is 0 Å². The molecule has 7 heteroatoms. The first-order valence-electron chi connectivity index (χ1n) is 11.4. The van der Waals surface area contributed by atoms with Crippen LogP contribution in [0.5, 0.6) is 11.5 Å². The minimum atomic E-state index is -0.0553. The Labute approximate surface area is 188 Å². The molecule has 1 unspecified atom stereocenters. The van der Waals surface area contributed by atoms with Crippen molar-refractivity contribution in [2.24, 2.45) is 0 Å². The number of rotatable bonds is 6. The fourth-order valence-electron chi connectivity index (χ4n) is 4.77. The third-order valence-corrected chi connectivity index (χ3v) is 6.61. The number of methoxy groups -OCH3 is 2. The van der Waals surface area contributed by atoms with Crippen LogP contribution in [0.2, 0.25) is 0 Å². The second-order valence-corrected chi connectivity index (χ2v) is 9.05. The molecule has 1 aliphatic carbocycles. The highest BCUT2D eigenvalue weighted by Gasteiger charge is 2.35. The monoisotopic (exact) mass is 434 g/mol. The standard InChI is InChI=1S/C25H30N4O3/c1-15(2)29-24-20(14-26-29)18(13-21(27-24)16-7-8-16)25(30)28-11-5-6-22(28)19-12-17(31-3)9-10-23(19)32-4/h9-10,12-16,22H,5-8,11H2,1-4H3. The lowest BCUT2D eigenvalue weighted by atomic mass is 10.0. The van der Waals surface area contributed by atoms with Gasteiger partial charge in [0.15, 0.2) is 5.65 Å². The van der Waals surface area contributed by atoms with E-state index in [2.05, 4.69) is 18.9 Å². The Bertz CT molecular complexity index is 1170. The summed E-state index contributed by atoms with van der Waals surface area (Å²) in [7, 11) is 3.32. The molecule has 0 spiro atoms. The summed E-state index contributed by atoms with van der Waals surface area (Å²) in [4.78, 5) is 20.9. The summed E-state index contributed by atoms with van der Waals surface area (Å²) in [5.41, 5.74) is 3.52. The maximum Gasteiger partial charge on any atom is 0.255 e. The van der Waals surface area contributed by atoms with E-state index in [0.29, 0.717) is 18.0 Å². The van der Waals surface area contributed by atoms with Gasteiger partial charge in [0.25, 0.3) is 5.91 Å². The second kappa shape index (κ2) is 8.11. The number of carbonyl (C=O) groups excluding carboxylic acids is 1. The lowest BCUT2D eigenvalue weighted by Gasteiger charge is -2.27. The highest BCUT2D eigenvalue weighted by molar-refractivity contribution is 6.05. The van der Waals surface area contributed by atoms with E-state index in [9.17, 15) is 4.79 Å². The quantitative estimate of drug-likeness (QED) is 0.553. The normalized spacial score (nSPS) is 18.5. The Morgan fingerprint density at radius 2 is 1.94 bits per heavy atom. The zero-order valence-electron chi connectivity index (χ0n) is 19.2. The Kier molecular flexibility index (Phi) is 5.27. The van der Waals surface area contributed by atoms with Gasteiger partial charge in [0, 0.05) is 29.8 Å². The summed E-state index contributed by atoms with van der Waals surface area (Å²) in [6.45, 7) is 4.89. The molecular formula is C25H30N4O3. The van der Waals surface area contributed by atoms with Crippen molar-refractivity contribution in [2.45, 2.75) is 57.5 Å². The van der Waals surface area contributed by atoms with E-state index in [1.165, 1.54) is 0 Å². The van der Waals surface area contributed by atoms with Gasteiger partial charge in [-0.1, -0.05) is 0 Å². The van der Waals surface area contributed by atoms with Crippen LogP contribution in [0.15, 0.2) is 30.5 Å². The van der Waals surface area contributed by atoms with Crippen LogP contribution in [0.25, 0.3) is 11.0 Å². The van der Waals surface area contributed by atoms with Crippen molar-refractivity contribution >= 4 is 16.9 Å². The number of hydrogen-bond donors (Lipinski definition) is 0. The van der Waals surface area contributed by atoms with Gasteiger partial charge in [-0.25, -0.2) is 9.67 Å². The van der Waals surface area contributed by atoms with Crippen LogP contribution in [0.3, 0.4) is 0 Å². The first-order chi connectivity index (χ1) is 15.5. The van der Waals surface area contributed by atoms with Gasteiger partial charge in [0.1, 0.15) is 11.5 Å². The molecule has 5 rings (SSSR count). The molecule has 1 saturated carbocycles. The zero-order chi connectivity index (χ0) is 22.4.